The van der Waals surface area contributed by atoms with Crippen LogP contribution in [0.15, 0.2) is 18.2 Å². The summed E-state index contributed by atoms with van der Waals surface area (Å²) in [6.07, 6.45) is 0. The largest absolute Gasteiger partial charge is 0.382 e. The van der Waals surface area contributed by atoms with Crippen LogP contribution in [0.4, 0.5) is 5.82 Å². The number of halogens is 3. The first-order valence-corrected chi connectivity index (χ1v) is 5.59. The van der Waals surface area contributed by atoms with Crippen molar-refractivity contribution in [1.29, 1.82) is 0 Å². The summed E-state index contributed by atoms with van der Waals surface area (Å²) in [5, 5.41) is 5.47. The Morgan fingerprint density at radius 1 is 1.12 bits per heavy atom. The van der Waals surface area contributed by atoms with Gasteiger partial charge in [-0.25, -0.2) is 4.68 Å². The van der Waals surface area contributed by atoms with Crippen LogP contribution in [0.3, 0.4) is 0 Å². The maximum absolute atomic E-state index is 6.08. The number of benzene rings is 1. The highest BCUT2D eigenvalue weighted by Crippen LogP contribution is 2.32. The number of nitrogens with zero attached hydrogens (tertiary/aromatic N) is 2. The smallest absolute Gasteiger partial charge is 0.146 e. The lowest BCUT2D eigenvalue weighted by atomic mass is 10.3. The average molecular weight is 277 g/mol. The summed E-state index contributed by atoms with van der Waals surface area (Å²) in [6.45, 7) is 1.87. The van der Waals surface area contributed by atoms with Crippen LogP contribution in [0.5, 0.6) is 0 Å². The van der Waals surface area contributed by atoms with Crippen LogP contribution in [0.25, 0.3) is 5.69 Å². The van der Waals surface area contributed by atoms with Gasteiger partial charge in [0.05, 0.1) is 10.0 Å². The summed E-state index contributed by atoms with van der Waals surface area (Å²) in [5.74, 6) is 0.416. The van der Waals surface area contributed by atoms with Crippen molar-refractivity contribution in [2.45, 2.75) is 6.92 Å². The van der Waals surface area contributed by atoms with Crippen LogP contribution in [-0.4, -0.2) is 9.78 Å². The van der Waals surface area contributed by atoms with Gasteiger partial charge < -0.3 is 5.73 Å². The molecule has 0 saturated carbocycles. The number of aryl methyl sites for hydroxylation is 1. The van der Waals surface area contributed by atoms with Gasteiger partial charge in [-0.3, -0.25) is 0 Å². The summed E-state index contributed by atoms with van der Waals surface area (Å²) in [4.78, 5) is 0. The molecule has 0 amide bonds. The molecule has 0 spiro atoms. The van der Waals surface area contributed by atoms with Crippen LogP contribution in [0, 0.1) is 6.92 Å². The van der Waals surface area contributed by atoms with E-state index in [1.165, 1.54) is 0 Å². The molecule has 3 nitrogen and oxygen atoms in total. The Kier molecular flexibility index (Phi) is 3.02. The van der Waals surface area contributed by atoms with Gasteiger partial charge in [0.15, 0.2) is 0 Å². The zero-order chi connectivity index (χ0) is 11.9. The lowest BCUT2D eigenvalue weighted by Crippen LogP contribution is -2.01. The lowest BCUT2D eigenvalue weighted by Gasteiger charge is -2.09. The molecule has 2 N–H and O–H groups in total. The second-order valence-electron chi connectivity index (χ2n) is 3.34. The fourth-order valence-electron chi connectivity index (χ4n) is 1.46. The molecule has 2 rings (SSSR count). The van der Waals surface area contributed by atoms with Crippen molar-refractivity contribution >= 4 is 40.6 Å². The highest BCUT2D eigenvalue weighted by atomic mass is 35.5. The summed E-state index contributed by atoms with van der Waals surface area (Å²) in [5.41, 5.74) is 7.04. The van der Waals surface area contributed by atoms with Gasteiger partial charge in [-0.1, -0.05) is 34.8 Å². The molecule has 84 valence electrons. The van der Waals surface area contributed by atoms with Gasteiger partial charge in [-0.05, 0) is 19.1 Å². The van der Waals surface area contributed by atoms with Crippen LogP contribution < -0.4 is 5.73 Å². The Bertz CT molecular complexity index is 525. The molecule has 0 atom stereocenters. The standard InChI is InChI=1S/C10H8Cl3N3/c1-5-2-9(14)15-16(5)10-7(12)3-6(11)4-8(10)13/h2-4H,1H3,(H2,14,15). The molecule has 0 unspecified atom stereocenters. The van der Waals surface area contributed by atoms with Gasteiger partial charge >= 0.3 is 0 Å². The number of hydrogen-bond donors (Lipinski definition) is 1. The molecule has 1 aromatic heterocycles. The van der Waals surface area contributed by atoms with E-state index in [9.17, 15) is 0 Å². The molecule has 16 heavy (non-hydrogen) atoms. The van der Waals surface area contributed by atoms with Crippen LogP contribution >= 0.6 is 34.8 Å². The first-order chi connectivity index (χ1) is 7.49. The van der Waals surface area contributed by atoms with Gasteiger partial charge in [-0.15, -0.1) is 0 Å². The Morgan fingerprint density at radius 3 is 2.12 bits per heavy atom. The van der Waals surface area contributed by atoms with Crippen molar-refractivity contribution in [3.63, 3.8) is 0 Å². The molecule has 0 fully saturated rings. The number of nitrogen functional groups attached to an aromatic ring is 1. The first kappa shape index (κ1) is 11.6. The molecular weight excluding hydrogens is 268 g/mol. The van der Waals surface area contributed by atoms with Crippen LogP contribution in [-0.2, 0) is 0 Å². The number of anilines is 1. The van der Waals surface area contributed by atoms with Gasteiger partial charge in [0, 0.05) is 16.8 Å². The first-order valence-electron chi connectivity index (χ1n) is 4.46. The molecule has 1 aromatic carbocycles. The van der Waals surface area contributed by atoms with E-state index in [-0.39, 0.29) is 0 Å². The maximum Gasteiger partial charge on any atom is 0.146 e. The average Bonchev–Trinajstić information content (AvgIpc) is 2.43. The summed E-state index contributed by atoms with van der Waals surface area (Å²) < 4.78 is 1.59. The number of nitrogens with two attached hydrogens (primary N) is 1. The fraction of sp³-hybridized carbons (Fsp3) is 0.100. The van der Waals surface area contributed by atoms with Gasteiger partial charge in [0.2, 0.25) is 0 Å². The summed E-state index contributed by atoms with van der Waals surface area (Å²) in [6, 6.07) is 4.96. The molecule has 6 heteroatoms. The minimum absolute atomic E-state index is 0.416. The van der Waals surface area contributed by atoms with Crippen molar-refractivity contribution in [1.82, 2.24) is 9.78 Å². The molecule has 0 aliphatic rings. The highest BCUT2D eigenvalue weighted by Gasteiger charge is 2.13. The number of hydrogen-bond acceptors (Lipinski definition) is 2. The van der Waals surface area contributed by atoms with E-state index in [0.717, 1.165) is 5.69 Å². The van der Waals surface area contributed by atoms with E-state index >= 15 is 0 Å². The van der Waals surface area contributed by atoms with Gasteiger partial charge in [-0.2, -0.15) is 5.10 Å². The predicted octanol–water partition coefficient (Wildman–Crippen LogP) is 3.72. The quantitative estimate of drug-likeness (QED) is 0.862. The van der Waals surface area contributed by atoms with E-state index in [4.69, 9.17) is 40.5 Å². The maximum atomic E-state index is 6.08. The second-order valence-corrected chi connectivity index (χ2v) is 4.59. The Balaban J connectivity index is 2.69. The predicted molar refractivity (Wildman–Crippen MR) is 67.7 cm³/mol. The summed E-state index contributed by atoms with van der Waals surface area (Å²) in [7, 11) is 0. The molecule has 2 aromatic rings. The highest BCUT2D eigenvalue weighted by molar-refractivity contribution is 6.40. The minimum Gasteiger partial charge on any atom is -0.382 e. The SMILES string of the molecule is Cc1cc(N)nn1-c1c(Cl)cc(Cl)cc1Cl. The fourth-order valence-corrected chi connectivity index (χ4v) is 2.44. The molecular formula is C10H8Cl3N3. The van der Waals surface area contributed by atoms with Crippen LogP contribution in [0.1, 0.15) is 5.69 Å². The Hall–Kier alpha value is -0.900. The normalized spacial score (nSPS) is 10.8. The van der Waals surface area contributed by atoms with Crippen molar-refractivity contribution in [3.05, 3.63) is 39.0 Å². The molecule has 0 bridgehead atoms. The van der Waals surface area contributed by atoms with Crippen molar-refractivity contribution in [3.8, 4) is 5.69 Å². The van der Waals surface area contributed by atoms with E-state index < -0.39 is 0 Å². The van der Waals surface area contributed by atoms with Gasteiger partial charge in [0.1, 0.15) is 11.5 Å². The van der Waals surface area contributed by atoms with Crippen LogP contribution in [0.2, 0.25) is 15.1 Å². The topological polar surface area (TPSA) is 43.8 Å². The number of rotatable bonds is 1. The van der Waals surface area contributed by atoms with E-state index in [0.29, 0.717) is 26.6 Å². The van der Waals surface area contributed by atoms with Crippen molar-refractivity contribution in [2.24, 2.45) is 0 Å². The third kappa shape index (κ3) is 1.98. The summed E-state index contributed by atoms with van der Waals surface area (Å²) >= 11 is 18.0. The molecule has 0 aliphatic heterocycles. The number of aromatic nitrogens is 2. The zero-order valence-corrected chi connectivity index (χ0v) is 10.6. The van der Waals surface area contributed by atoms with Crippen molar-refractivity contribution < 1.29 is 0 Å². The monoisotopic (exact) mass is 275 g/mol. The van der Waals surface area contributed by atoms with Gasteiger partial charge in [0.25, 0.3) is 0 Å². The molecule has 0 aliphatic carbocycles. The molecule has 1 heterocycles. The van der Waals surface area contributed by atoms with Crippen molar-refractivity contribution in [2.75, 3.05) is 5.73 Å². The Morgan fingerprint density at radius 2 is 1.69 bits per heavy atom. The van der Waals surface area contributed by atoms with E-state index in [2.05, 4.69) is 5.10 Å². The minimum atomic E-state index is 0.416. The third-order valence-corrected chi connectivity index (χ3v) is 2.89. The molecule has 0 saturated heterocycles. The lowest BCUT2D eigenvalue weighted by molar-refractivity contribution is 0.852. The second kappa shape index (κ2) is 4.17. The van der Waals surface area contributed by atoms with E-state index in [1.807, 2.05) is 6.92 Å². The third-order valence-electron chi connectivity index (χ3n) is 2.10. The Labute approximate surface area is 108 Å². The zero-order valence-electron chi connectivity index (χ0n) is 8.34. The van der Waals surface area contributed by atoms with E-state index in [1.54, 1.807) is 22.9 Å². The molecule has 0 radical (unpaired) electrons.